The van der Waals surface area contributed by atoms with Gasteiger partial charge in [0.05, 0.1) is 11.2 Å². The molecule has 1 aromatic heterocycles. The van der Waals surface area contributed by atoms with Gasteiger partial charge < -0.3 is 0 Å². The summed E-state index contributed by atoms with van der Waals surface area (Å²) in [4.78, 5) is 0. The summed E-state index contributed by atoms with van der Waals surface area (Å²) in [5, 5.41) is 11.5. The van der Waals surface area contributed by atoms with Crippen LogP contribution in [0.2, 0.25) is 5.02 Å². The number of hydrogen-bond donors (Lipinski definition) is 1. The predicted octanol–water partition coefficient (Wildman–Crippen LogP) is 4.28. The summed E-state index contributed by atoms with van der Waals surface area (Å²) in [6.07, 6.45) is 1.39. The molecule has 3 rings (SSSR count). The zero-order valence-electron chi connectivity index (χ0n) is 11.2. The van der Waals surface area contributed by atoms with Crippen LogP contribution < -0.4 is 0 Å². The fourth-order valence-electron chi connectivity index (χ4n) is 1.92. The van der Waals surface area contributed by atoms with Crippen molar-refractivity contribution in [2.45, 2.75) is 0 Å². The second-order valence-electron chi connectivity index (χ2n) is 4.41. The Morgan fingerprint density at radius 1 is 1.18 bits per heavy atom. The van der Waals surface area contributed by atoms with Crippen LogP contribution in [0.4, 0.5) is 4.39 Å². The van der Waals surface area contributed by atoms with Crippen molar-refractivity contribution in [2.24, 2.45) is 5.10 Å². The highest BCUT2D eigenvalue weighted by atomic mass is 35.5. The van der Waals surface area contributed by atoms with Crippen LogP contribution in [0.3, 0.4) is 0 Å². The maximum Gasteiger partial charge on any atom is 0.216 e. The third kappa shape index (κ3) is 2.84. The smallest absolute Gasteiger partial charge is 0.216 e. The molecule has 110 valence electrons. The molecule has 0 saturated heterocycles. The first-order valence-electron chi connectivity index (χ1n) is 6.38. The fraction of sp³-hybridized carbons (Fsp3) is 0. The van der Waals surface area contributed by atoms with Crippen LogP contribution in [0.15, 0.2) is 53.6 Å². The average Bonchev–Trinajstić information content (AvgIpc) is 2.88. The Kier molecular flexibility index (Phi) is 4.13. The van der Waals surface area contributed by atoms with Crippen molar-refractivity contribution in [1.29, 1.82) is 0 Å². The molecule has 0 radical (unpaired) electrons. The standard InChI is InChI=1S/C15H10ClFN4S/c16-12-7-3-2-6-11(12)14-19-20-15(22)21(14)18-9-10-5-1-4-8-13(10)17/h1-9H,(H,20,22)/b18-9-. The van der Waals surface area contributed by atoms with Gasteiger partial charge in [0.2, 0.25) is 4.77 Å². The van der Waals surface area contributed by atoms with Gasteiger partial charge >= 0.3 is 0 Å². The highest BCUT2D eigenvalue weighted by Gasteiger charge is 2.11. The molecule has 0 aliphatic rings. The molecule has 0 spiro atoms. The van der Waals surface area contributed by atoms with E-state index in [1.54, 1.807) is 24.3 Å². The van der Waals surface area contributed by atoms with Crippen molar-refractivity contribution in [3.8, 4) is 11.4 Å². The molecule has 0 unspecified atom stereocenters. The van der Waals surface area contributed by atoms with E-state index in [0.29, 0.717) is 26.7 Å². The lowest BCUT2D eigenvalue weighted by molar-refractivity contribution is 0.625. The Balaban J connectivity index is 2.06. The van der Waals surface area contributed by atoms with Crippen molar-refractivity contribution >= 4 is 30.0 Å². The zero-order valence-corrected chi connectivity index (χ0v) is 12.8. The number of aromatic amines is 1. The summed E-state index contributed by atoms with van der Waals surface area (Å²) < 4.78 is 15.3. The molecule has 3 aromatic rings. The molecular weight excluding hydrogens is 323 g/mol. The fourth-order valence-corrected chi connectivity index (χ4v) is 2.31. The van der Waals surface area contributed by atoms with E-state index >= 15 is 0 Å². The van der Waals surface area contributed by atoms with Gasteiger partial charge in [-0.15, -0.1) is 0 Å². The number of aromatic nitrogens is 3. The largest absolute Gasteiger partial charge is 0.250 e. The van der Waals surface area contributed by atoms with E-state index in [1.807, 2.05) is 18.2 Å². The Hall–Kier alpha value is -2.31. The van der Waals surface area contributed by atoms with Gasteiger partial charge in [0.25, 0.3) is 0 Å². The Labute approximate surface area is 135 Å². The molecule has 0 saturated carbocycles. The van der Waals surface area contributed by atoms with Crippen LogP contribution in [-0.2, 0) is 0 Å². The third-order valence-electron chi connectivity index (χ3n) is 2.98. The van der Waals surface area contributed by atoms with E-state index in [9.17, 15) is 4.39 Å². The van der Waals surface area contributed by atoms with Crippen LogP contribution in [-0.4, -0.2) is 21.1 Å². The van der Waals surface area contributed by atoms with Gasteiger partial charge in [0.1, 0.15) is 5.82 Å². The molecule has 0 bridgehead atoms. The van der Waals surface area contributed by atoms with Crippen molar-refractivity contribution in [2.75, 3.05) is 0 Å². The summed E-state index contributed by atoms with van der Waals surface area (Å²) >= 11 is 11.3. The maximum absolute atomic E-state index is 13.6. The first-order chi connectivity index (χ1) is 10.7. The zero-order chi connectivity index (χ0) is 15.5. The van der Waals surface area contributed by atoms with Crippen molar-refractivity contribution < 1.29 is 4.39 Å². The van der Waals surface area contributed by atoms with Gasteiger partial charge in [-0.25, -0.2) is 9.49 Å². The Bertz CT molecular complexity index is 900. The van der Waals surface area contributed by atoms with Crippen molar-refractivity contribution in [3.63, 3.8) is 0 Å². The number of hydrogen-bond acceptors (Lipinski definition) is 3. The van der Waals surface area contributed by atoms with Crippen LogP contribution in [0.1, 0.15) is 5.56 Å². The third-order valence-corrected chi connectivity index (χ3v) is 3.58. The van der Waals surface area contributed by atoms with Gasteiger partial charge in [-0.1, -0.05) is 41.9 Å². The predicted molar refractivity (Wildman–Crippen MR) is 87.2 cm³/mol. The van der Waals surface area contributed by atoms with Crippen LogP contribution in [0.5, 0.6) is 0 Å². The molecule has 1 N–H and O–H groups in total. The summed E-state index contributed by atoms with van der Waals surface area (Å²) in [7, 11) is 0. The van der Waals surface area contributed by atoms with Gasteiger partial charge in [-0.2, -0.15) is 14.9 Å². The molecule has 7 heteroatoms. The molecule has 4 nitrogen and oxygen atoms in total. The minimum atomic E-state index is -0.361. The molecular formula is C15H10ClFN4S. The van der Waals surface area contributed by atoms with E-state index < -0.39 is 0 Å². The second-order valence-corrected chi connectivity index (χ2v) is 5.20. The van der Waals surface area contributed by atoms with Crippen molar-refractivity contribution in [3.05, 3.63) is 69.7 Å². The first kappa shape index (κ1) is 14.6. The summed E-state index contributed by atoms with van der Waals surface area (Å²) in [6, 6.07) is 13.5. The van der Waals surface area contributed by atoms with Gasteiger partial charge in [-0.3, -0.25) is 0 Å². The maximum atomic E-state index is 13.6. The van der Waals surface area contributed by atoms with Gasteiger partial charge in [0.15, 0.2) is 5.82 Å². The van der Waals surface area contributed by atoms with Crippen molar-refractivity contribution in [1.82, 2.24) is 14.9 Å². The number of rotatable bonds is 3. The molecule has 0 atom stereocenters. The average molecular weight is 333 g/mol. The highest BCUT2D eigenvalue weighted by Crippen LogP contribution is 2.25. The molecule has 0 aliphatic heterocycles. The molecule has 0 aliphatic carbocycles. The molecule has 0 fully saturated rings. The Morgan fingerprint density at radius 2 is 1.91 bits per heavy atom. The van der Waals surface area contributed by atoms with E-state index in [4.69, 9.17) is 23.8 Å². The summed E-state index contributed by atoms with van der Waals surface area (Å²) in [5.74, 6) is 0.101. The second kappa shape index (κ2) is 6.21. The lowest BCUT2D eigenvalue weighted by Crippen LogP contribution is -1.96. The Morgan fingerprint density at radius 3 is 2.68 bits per heavy atom. The minimum Gasteiger partial charge on any atom is -0.250 e. The summed E-state index contributed by atoms with van der Waals surface area (Å²) in [5.41, 5.74) is 1.04. The molecule has 0 amide bonds. The molecule has 2 aromatic carbocycles. The first-order valence-corrected chi connectivity index (χ1v) is 7.16. The lowest BCUT2D eigenvalue weighted by Gasteiger charge is -2.03. The normalized spacial score (nSPS) is 11.2. The van der Waals surface area contributed by atoms with Crippen LogP contribution >= 0.6 is 23.8 Å². The monoisotopic (exact) mass is 332 g/mol. The molecule has 22 heavy (non-hydrogen) atoms. The summed E-state index contributed by atoms with van der Waals surface area (Å²) in [6.45, 7) is 0. The number of H-pyrrole nitrogens is 1. The number of halogens is 2. The SMILES string of the molecule is Fc1ccccc1/C=N\n1c(-c2ccccc2Cl)n[nH]c1=S. The van der Waals surface area contributed by atoms with Crippen LogP contribution in [0, 0.1) is 10.6 Å². The van der Waals surface area contributed by atoms with Gasteiger partial charge in [0, 0.05) is 11.1 Å². The number of benzene rings is 2. The number of nitrogens with zero attached hydrogens (tertiary/aromatic N) is 3. The minimum absolute atomic E-state index is 0.294. The highest BCUT2D eigenvalue weighted by molar-refractivity contribution is 7.71. The topological polar surface area (TPSA) is 46.0 Å². The van der Waals surface area contributed by atoms with E-state index in [-0.39, 0.29) is 5.82 Å². The quantitative estimate of drug-likeness (QED) is 0.574. The van der Waals surface area contributed by atoms with Crippen LogP contribution in [0.25, 0.3) is 11.4 Å². The lowest BCUT2D eigenvalue weighted by atomic mass is 10.2. The van der Waals surface area contributed by atoms with E-state index in [1.165, 1.54) is 17.0 Å². The molecule has 1 heterocycles. The van der Waals surface area contributed by atoms with E-state index in [0.717, 1.165) is 0 Å². The number of nitrogens with one attached hydrogen (secondary N) is 1. The van der Waals surface area contributed by atoms with Gasteiger partial charge in [-0.05, 0) is 30.4 Å². The van der Waals surface area contributed by atoms with E-state index in [2.05, 4.69) is 15.3 Å².